The van der Waals surface area contributed by atoms with Gasteiger partial charge in [0.15, 0.2) is 0 Å². The van der Waals surface area contributed by atoms with E-state index in [9.17, 15) is 9.18 Å². The Morgan fingerprint density at radius 3 is 2.88 bits per heavy atom. The summed E-state index contributed by atoms with van der Waals surface area (Å²) in [6, 6.07) is 7.91. The minimum Gasteiger partial charge on any atom is -0.486 e. The quantitative estimate of drug-likeness (QED) is 0.455. The van der Waals surface area contributed by atoms with Crippen LogP contribution in [-0.2, 0) is 9.53 Å². The fraction of sp³-hybridized carbons (Fsp3) is 0.375. The Bertz CT molecular complexity index is 1170. The maximum Gasteiger partial charge on any atom is 0.224 e. The molecule has 2 heterocycles. The Hall–Kier alpha value is -3.01. The molecule has 1 aliphatic rings. The Morgan fingerprint density at radius 1 is 1.29 bits per heavy atom. The van der Waals surface area contributed by atoms with Crippen LogP contribution in [0.5, 0.6) is 5.75 Å². The van der Waals surface area contributed by atoms with Gasteiger partial charge in [0, 0.05) is 30.0 Å². The first-order valence-electron chi connectivity index (χ1n) is 11.1. The normalized spacial score (nSPS) is 15.6. The number of hydrogen-bond acceptors (Lipinski definition) is 7. The summed E-state index contributed by atoms with van der Waals surface area (Å²) in [6.07, 6.45) is 3.23. The summed E-state index contributed by atoms with van der Waals surface area (Å²) in [5.74, 6) is 0.409. The molecule has 2 aromatic carbocycles. The van der Waals surface area contributed by atoms with Crippen LogP contribution in [0.15, 0.2) is 36.7 Å². The summed E-state index contributed by atoms with van der Waals surface area (Å²) in [5, 5.41) is 6.81. The number of nitrogens with zero attached hydrogens (tertiary/aromatic N) is 3. The predicted molar refractivity (Wildman–Crippen MR) is 131 cm³/mol. The number of benzene rings is 2. The molecule has 3 aromatic rings. The summed E-state index contributed by atoms with van der Waals surface area (Å²) in [7, 11) is 3.94. The van der Waals surface area contributed by atoms with Crippen molar-refractivity contribution in [2.24, 2.45) is 0 Å². The second-order valence-electron chi connectivity index (χ2n) is 8.40. The summed E-state index contributed by atoms with van der Waals surface area (Å²) >= 11 is 5.92. The van der Waals surface area contributed by atoms with Gasteiger partial charge in [-0.15, -0.1) is 0 Å². The molecule has 1 aromatic heterocycles. The highest BCUT2D eigenvalue weighted by molar-refractivity contribution is 6.31. The van der Waals surface area contributed by atoms with Crippen LogP contribution in [0.25, 0.3) is 10.9 Å². The largest absolute Gasteiger partial charge is 0.486 e. The minimum absolute atomic E-state index is 0.00325. The van der Waals surface area contributed by atoms with Gasteiger partial charge in [-0.05, 0) is 51.3 Å². The molecule has 1 atom stereocenters. The Kier molecular flexibility index (Phi) is 7.77. The monoisotopic (exact) mass is 487 g/mol. The minimum atomic E-state index is -0.503. The molecule has 10 heteroatoms. The Morgan fingerprint density at radius 2 is 2.15 bits per heavy atom. The zero-order valence-corrected chi connectivity index (χ0v) is 19.9. The second-order valence-corrected chi connectivity index (χ2v) is 8.81. The first-order chi connectivity index (χ1) is 16.4. The average Bonchev–Trinajstić information content (AvgIpc) is 3.30. The van der Waals surface area contributed by atoms with E-state index in [1.54, 1.807) is 18.2 Å². The molecular weight excluding hydrogens is 461 g/mol. The maximum absolute atomic E-state index is 13.6. The lowest BCUT2D eigenvalue weighted by Crippen LogP contribution is -2.19. The fourth-order valence-corrected chi connectivity index (χ4v) is 3.82. The van der Waals surface area contributed by atoms with Crippen LogP contribution in [0.3, 0.4) is 0 Å². The number of ether oxygens (including phenoxy) is 2. The molecule has 0 bridgehead atoms. The number of hydrogen-bond donors (Lipinski definition) is 2. The standard InChI is InChI=1S/C24H27ClFN5O3/c1-31(2)8-3-4-23(32)30-21-11-17-20(12-22(21)34-16-7-9-33-13-16)27-14-28-24(17)29-15-5-6-19(26)18(25)10-15/h5-6,10-12,14,16H,3-4,7-9,13H2,1-2H3,(H,30,32)(H,27,28,29). The lowest BCUT2D eigenvalue weighted by Gasteiger charge is -2.18. The van der Waals surface area contributed by atoms with Crippen molar-refractivity contribution in [3.05, 3.63) is 47.5 Å². The number of carbonyl (C=O) groups is 1. The van der Waals surface area contributed by atoms with E-state index in [1.807, 2.05) is 19.0 Å². The molecule has 1 amide bonds. The molecule has 1 saturated heterocycles. The van der Waals surface area contributed by atoms with Gasteiger partial charge < -0.3 is 25.0 Å². The van der Waals surface area contributed by atoms with E-state index in [1.165, 1.54) is 18.5 Å². The highest BCUT2D eigenvalue weighted by atomic mass is 35.5. The first-order valence-corrected chi connectivity index (χ1v) is 11.5. The number of halogens is 2. The smallest absolute Gasteiger partial charge is 0.224 e. The summed E-state index contributed by atoms with van der Waals surface area (Å²) in [4.78, 5) is 23.4. The number of anilines is 3. The van der Waals surface area contributed by atoms with Crippen LogP contribution in [0.4, 0.5) is 21.6 Å². The number of amides is 1. The van der Waals surface area contributed by atoms with Crippen molar-refractivity contribution in [1.29, 1.82) is 0 Å². The highest BCUT2D eigenvalue weighted by Gasteiger charge is 2.21. The van der Waals surface area contributed by atoms with Crippen molar-refractivity contribution in [2.45, 2.75) is 25.4 Å². The lowest BCUT2D eigenvalue weighted by molar-refractivity contribution is -0.116. The molecular formula is C24H27ClFN5O3. The molecule has 0 radical (unpaired) electrons. The molecule has 0 aliphatic carbocycles. The maximum atomic E-state index is 13.6. The van der Waals surface area contributed by atoms with Crippen molar-refractivity contribution < 1.29 is 18.7 Å². The Balaban J connectivity index is 1.65. The second kappa shape index (κ2) is 10.9. The van der Waals surface area contributed by atoms with Crippen molar-refractivity contribution >= 4 is 45.6 Å². The van der Waals surface area contributed by atoms with Crippen LogP contribution >= 0.6 is 11.6 Å². The van der Waals surface area contributed by atoms with Crippen LogP contribution in [0, 0.1) is 5.82 Å². The number of fused-ring (bicyclic) bond motifs is 1. The third kappa shape index (κ3) is 6.11. The van der Waals surface area contributed by atoms with Crippen LogP contribution in [-0.4, -0.2) is 60.7 Å². The van der Waals surface area contributed by atoms with Gasteiger partial charge in [-0.1, -0.05) is 11.6 Å². The van der Waals surface area contributed by atoms with E-state index in [4.69, 9.17) is 21.1 Å². The van der Waals surface area contributed by atoms with Crippen LogP contribution in [0.1, 0.15) is 19.3 Å². The van der Waals surface area contributed by atoms with Gasteiger partial charge in [-0.3, -0.25) is 4.79 Å². The third-order valence-electron chi connectivity index (χ3n) is 5.38. The van der Waals surface area contributed by atoms with Gasteiger partial charge in [-0.25, -0.2) is 14.4 Å². The van der Waals surface area contributed by atoms with E-state index < -0.39 is 5.82 Å². The van der Waals surface area contributed by atoms with Gasteiger partial charge in [-0.2, -0.15) is 0 Å². The molecule has 0 spiro atoms. The van der Waals surface area contributed by atoms with Gasteiger partial charge in [0.1, 0.15) is 29.8 Å². The van der Waals surface area contributed by atoms with E-state index in [2.05, 4.69) is 20.6 Å². The highest BCUT2D eigenvalue weighted by Crippen LogP contribution is 2.35. The van der Waals surface area contributed by atoms with Crippen LogP contribution < -0.4 is 15.4 Å². The van der Waals surface area contributed by atoms with Crippen molar-refractivity contribution in [3.63, 3.8) is 0 Å². The van der Waals surface area contributed by atoms with E-state index in [0.717, 1.165) is 19.4 Å². The fourth-order valence-electron chi connectivity index (χ4n) is 3.64. The SMILES string of the molecule is CN(C)CCCC(=O)Nc1cc2c(Nc3ccc(F)c(Cl)c3)ncnc2cc1OC1CCOC1. The predicted octanol–water partition coefficient (Wildman–Crippen LogP) is 4.61. The summed E-state index contributed by atoms with van der Waals surface area (Å²) in [5.41, 5.74) is 1.73. The molecule has 180 valence electrons. The van der Waals surface area contributed by atoms with E-state index in [0.29, 0.717) is 53.5 Å². The van der Waals surface area contributed by atoms with Crippen molar-refractivity contribution in [1.82, 2.24) is 14.9 Å². The van der Waals surface area contributed by atoms with Gasteiger partial charge in [0.2, 0.25) is 5.91 Å². The molecule has 2 N–H and O–H groups in total. The van der Waals surface area contributed by atoms with E-state index >= 15 is 0 Å². The van der Waals surface area contributed by atoms with Crippen molar-refractivity contribution in [2.75, 3.05) is 44.5 Å². The first kappa shape index (κ1) is 24.1. The number of carbonyl (C=O) groups excluding carboxylic acids is 1. The van der Waals surface area contributed by atoms with Crippen LogP contribution in [0.2, 0.25) is 5.02 Å². The van der Waals surface area contributed by atoms with Gasteiger partial charge in [0.05, 0.1) is 29.4 Å². The Labute approximate surface area is 202 Å². The zero-order chi connectivity index (χ0) is 24.1. The molecule has 0 saturated carbocycles. The molecule has 1 aliphatic heterocycles. The third-order valence-corrected chi connectivity index (χ3v) is 5.67. The number of rotatable bonds is 9. The number of aromatic nitrogens is 2. The molecule has 34 heavy (non-hydrogen) atoms. The van der Waals surface area contributed by atoms with Gasteiger partial charge in [0.25, 0.3) is 0 Å². The van der Waals surface area contributed by atoms with Gasteiger partial charge >= 0.3 is 0 Å². The molecule has 8 nitrogen and oxygen atoms in total. The number of nitrogens with one attached hydrogen (secondary N) is 2. The topological polar surface area (TPSA) is 88.6 Å². The lowest BCUT2D eigenvalue weighted by atomic mass is 10.1. The summed E-state index contributed by atoms with van der Waals surface area (Å²) in [6.45, 7) is 1.95. The zero-order valence-electron chi connectivity index (χ0n) is 19.1. The summed E-state index contributed by atoms with van der Waals surface area (Å²) < 4.78 is 25.1. The average molecular weight is 488 g/mol. The molecule has 1 fully saturated rings. The molecule has 4 rings (SSSR count). The van der Waals surface area contributed by atoms with Crippen molar-refractivity contribution in [3.8, 4) is 5.75 Å². The molecule has 1 unspecified atom stereocenters. The van der Waals surface area contributed by atoms with E-state index in [-0.39, 0.29) is 17.0 Å².